The average Bonchev–Trinajstić information content (AvgIpc) is 2.85. The molecule has 5 heteroatoms. The van der Waals surface area contributed by atoms with E-state index < -0.39 is 0 Å². The Hall–Kier alpha value is -1.88. The van der Waals surface area contributed by atoms with Gasteiger partial charge in [0, 0.05) is 31.1 Å². The average molecular weight is 343 g/mol. The van der Waals surface area contributed by atoms with E-state index in [4.69, 9.17) is 0 Å². The van der Waals surface area contributed by atoms with Crippen LogP contribution in [0.15, 0.2) is 24.3 Å². The van der Waals surface area contributed by atoms with Gasteiger partial charge in [-0.1, -0.05) is 24.3 Å². The van der Waals surface area contributed by atoms with Crippen LogP contribution >= 0.6 is 0 Å². The molecule has 1 aromatic carbocycles. The summed E-state index contributed by atoms with van der Waals surface area (Å²) in [4.78, 5) is 29.0. The first kappa shape index (κ1) is 17.9. The molecule has 2 aliphatic rings. The van der Waals surface area contributed by atoms with Crippen LogP contribution in [0, 0.1) is 12.3 Å². The Morgan fingerprint density at radius 3 is 2.56 bits per heavy atom. The van der Waals surface area contributed by atoms with Crippen molar-refractivity contribution in [2.45, 2.75) is 45.7 Å². The minimum atomic E-state index is -0.0731. The zero-order valence-corrected chi connectivity index (χ0v) is 15.7. The van der Waals surface area contributed by atoms with Crippen LogP contribution in [0.3, 0.4) is 0 Å². The third-order valence-corrected chi connectivity index (χ3v) is 5.48. The van der Waals surface area contributed by atoms with E-state index in [1.54, 1.807) is 0 Å². The number of nitrogens with one attached hydrogen (secondary N) is 1. The van der Waals surface area contributed by atoms with Crippen LogP contribution in [-0.4, -0.2) is 60.4 Å². The Balaban J connectivity index is 1.56. The Kier molecular flexibility index (Phi) is 4.87. The molecule has 136 valence electrons. The maximum atomic E-state index is 12.6. The van der Waals surface area contributed by atoms with Crippen molar-refractivity contribution in [3.63, 3.8) is 0 Å². The van der Waals surface area contributed by atoms with Gasteiger partial charge >= 0.3 is 0 Å². The van der Waals surface area contributed by atoms with Crippen molar-refractivity contribution in [1.82, 2.24) is 15.1 Å². The summed E-state index contributed by atoms with van der Waals surface area (Å²) < 4.78 is 0. The van der Waals surface area contributed by atoms with Gasteiger partial charge in [0.25, 0.3) is 0 Å². The van der Waals surface area contributed by atoms with Crippen LogP contribution in [-0.2, 0) is 16.0 Å². The van der Waals surface area contributed by atoms with Crippen molar-refractivity contribution in [3.05, 3.63) is 35.4 Å². The van der Waals surface area contributed by atoms with Crippen LogP contribution in [0.25, 0.3) is 0 Å². The van der Waals surface area contributed by atoms with Crippen LogP contribution in [0.1, 0.15) is 31.4 Å². The van der Waals surface area contributed by atoms with E-state index in [1.165, 1.54) is 0 Å². The molecular weight excluding hydrogens is 314 g/mol. The van der Waals surface area contributed by atoms with Crippen LogP contribution in [0.4, 0.5) is 0 Å². The third-order valence-electron chi connectivity index (χ3n) is 5.48. The lowest BCUT2D eigenvalue weighted by Crippen LogP contribution is -2.59. The minimum Gasteiger partial charge on any atom is -0.353 e. The smallest absolute Gasteiger partial charge is 0.237 e. The van der Waals surface area contributed by atoms with Crippen LogP contribution < -0.4 is 5.32 Å². The molecule has 5 nitrogen and oxygen atoms in total. The van der Waals surface area contributed by atoms with Gasteiger partial charge < -0.3 is 10.2 Å². The third kappa shape index (κ3) is 3.71. The number of rotatable bonds is 4. The first-order chi connectivity index (χ1) is 11.8. The number of amides is 2. The summed E-state index contributed by atoms with van der Waals surface area (Å²) in [5.41, 5.74) is 2.36. The largest absolute Gasteiger partial charge is 0.353 e. The first-order valence-electron chi connectivity index (χ1n) is 9.12. The van der Waals surface area contributed by atoms with Crippen molar-refractivity contribution < 1.29 is 9.59 Å². The molecule has 2 amide bonds. The number of benzene rings is 1. The van der Waals surface area contributed by atoms with Gasteiger partial charge in [-0.3, -0.25) is 14.5 Å². The molecular formula is C20H29N3O2. The van der Waals surface area contributed by atoms with Gasteiger partial charge in [-0.05, 0) is 45.4 Å². The Bertz CT molecular complexity index is 665. The quantitative estimate of drug-likeness (QED) is 0.903. The summed E-state index contributed by atoms with van der Waals surface area (Å²) in [7, 11) is 2.01. The molecule has 1 N–H and O–H groups in total. The molecule has 0 aliphatic carbocycles. The number of carbonyl (C=O) groups excluding carboxylic acids is 2. The summed E-state index contributed by atoms with van der Waals surface area (Å²) in [6.45, 7) is 8.44. The van der Waals surface area contributed by atoms with Crippen molar-refractivity contribution >= 4 is 11.8 Å². The predicted octanol–water partition coefficient (Wildman–Crippen LogP) is 1.59. The molecule has 1 atom stereocenters. The van der Waals surface area contributed by atoms with Crippen molar-refractivity contribution in [2.24, 2.45) is 5.41 Å². The predicted molar refractivity (Wildman–Crippen MR) is 98.2 cm³/mol. The highest BCUT2D eigenvalue weighted by Gasteiger charge is 2.53. The van der Waals surface area contributed by atoms with E-state index in [2.05, 4.69) is 10.2 Å². The number of hydrogen-bond donors (Lipinski definition) is 1. The van der Waals surface area contributed by atoms with Crippen LogP contribution in [0.2, 0.25) is 0 Å². The summed E-state index contributed by atoms with van der Waals surface area (Å²) >= 11 is 0. The Morgan fingerprint density at radius 1 is 1.24 bits per heavy atom. The second-order valence-electron chi connectivity index (χ2n) is 8.15. The molecule has 25 heavy (non-hydrogen) atoms. The highest BCUT2D eigenvalue weighted by Crippen LogP contribution is 2.42. The molecule has 0 saturated carbocycles. The maximum Gasteiger partial charge on any atom is 0.237 e. The van der Waals surface area contributed by atoms with E-state index in [0.29, 0.717) is 6.42 Å². The lowest BCUT2D eigenvalue weighted by atomic mass is 9.77. The lowest BCUT2D eigenvalue weighted by molar-refractivity contribution is -0.141. The SMILES string of the molecule is Cc1ccccc1CC(=O)N1CC2(C[C@@H](C(=O)NC(C)C)N(C)C2)C1. The van der Waals surface area contributed by atoms with Crippen molar-refractivity contribution in [3.8, 4) is 0 Å². The highest BCUT2D eigenvalue weighted by molar-refractivity contribution is 5.83. The van der Waals surface area contributed by atoms with Gasteiger partial charge in [-0.25, -0.2) is 0 Å². The molecule has 2 aliphatic heterocycles. The fraction of sp³-hybridized carbons (Fsp3) is 0.600. The summed E-state index contributed by atoms with van der Waals surface area (Å²) in [5, 5.41) is 3.01. The summed E-state index contributed by atoms with van der Waals surface area (Å²) in [6, 6.07) is 8.14. The molecule has 1 aromatic rings. The summed E-state index contributed by atoms with van der Waals surface area (Å²) in [5.74, 6) is 0.303. The second-order valence-corrected chi connectivity index (χ2v) is 8.15. The van der Waals surface area contributed by atoms with E-state index in [-0.39, 0.29) is 29.3 Å². The zero-order chi connectivity index (χ0) is 18.2. The minimum absolute atomic E-state index is 0.0731. The second kappa shape index (κ2) is 6.79. The molecule has 0 aromatic heterocycles. The normalized spacial score (nSPS) is 22.3. The van der Waals surface area contributed by atoms with Crippen molar-refractivity contribution in [2.75, 3.05) is 26.7 Å². The van der Waals surface area contributed by atoms with Crippen molar-refractivity contribution in [1.29, 1.82) is 0 Å². The standard InChI is InChI=1S/C20H29N3O2/c1-14(2)21-19(25)17-10-20(11-22(17)4)12-23(13-20)18(24)9-16-8-6-5-7-15(16)3/h5-8,14,17H,9-13H2,1-4H3,(H,21,25)/t17-/m0/s1. The number of likely N-dealkylation sites (tertiary alicyclic amines) is 2. The molecule has 2 fully saturated rings. The Labute approximate surface area is 150 Å². The highest BCUT2D eigenvalue weighted by atomic mass is 16.2. The number of aryl methyl sites for hydroxylation is 1. The van der Waals surface area contributed by atoms with Crippen LogP contribution in [0.5, 0.6) is 0 Å². The van der Waals surface area contributed by atoms with Gasteiger partial charge in [0.1, 0.15) is 0 Å². The van der Waals surface area contributed by atoms with E-state index in [9.17, 15) is 9.59 Å². The number of hydrogen-bond acceptors (Lipinski definition) is 3. The van der Waals surface area contributed by atoms with Gasteiger partial charge in [0.2, 0.25) is 11.8 Å². The van der Waals surface area contributed by atoms with Gasteiger partial charge in [0.15, 0.2) is 0 Å². The van der Waals surface area contributed by atoms with Gasteiger partial charge in [-0.2, -0.15) is 0 Å². The first-order valence-corrected chi connectivity index (χ1v) is 9.12. The van der Waals surface area contributed by atoms with Gasteiger partial charge in [-0.15, -0.1) is 0 Å². The van der Waals surface area contributed by atoms with E-state index >= 15 is 0 Å². The zero-order valence-electron chi connectivity index (χ0n) is 15.7. The fourth-order valence-corrected chi connectivity index (χ4v) is 4.20. The molecule has 2 saturated heterocycles. The molecule has 2 heterocycles. The Morgan fingerprint density at radius 2 is 1.92 bits per heavy atom. The monoisotopic (exact) mass is 343 g/mol. The molecule has 1 spiro atoms. The molecule has 3 rings (SSSR count). The molecule has 0 unspecified atom stereocenters. The van der Waals surface area contributed by atoms with E-state index in [0.717, 1.165) is 37.2 Å². The van der Waals surface area contributed by atoms with E-state index in [1.807, 2.05) is 57.0 Å². The molecule has 0 radical (unpaired) electrons. The van der Waals surface area contributed by atoms with Gasteiger partial charge in [0.05, 0.1) is 12.5 Å². The summed E-state index contributed by atoms with van der Waals surface area (Å²) in [6.07, 6.45) is 1.31. The topological polar surface area (TPSA) is 52.7 Å². The maximum absolute atomic E-state index is 12.6. The lowest BCUT2D eigenvalue weighted by Gasteiger charge is -2.48. The number of carbonyl (C=O) groups is 2. The fourth-order valence-electron chi connectivity index (χ4n) is 4.20. The number of likely N-dealkylation sites (N-methyl/N-ethyl adjacent to an activating group) is 1. The molecule has 0 bridgehead atoms. The number of nitrogens with zero attached hydrogens (tertiary/aromatic N) is 2.